The number of aromatic nitrogens is 2. The first kappa shape index (κ1) is 24.5. The van der Waals surface area contributed by atoms with E-state index in [1.165, 1.54) is 11.3 Å². The summed E-state index contributed by atoms with van der Waals surface area (Å²) >= 11 is 7.22. The van der Waals surface area contributed by atoms with Crippen LogP contribution in [0.25, 0.3) is 0 Å². The number of hydrogen-bond acceptors (Lipinski definition) is 7. The van der Waals surface area contributed by atoms with Crippen LogP contribution in [0, 0.1) is 6.92 Å². The maximum absolute atomic E-state index is 12.2. The molecule has 1 aromatic heterocycles. The summed E-state index contributed by atoms with van der Waals surface area (Å²) < 4.78 is 10.8. The quantitative estimate of drug-likeness (QED) is 0.390. The molecular formula is C23H25ClN4O4S. The number of amides is 2. The van der Waals surface area contributed by atoms with Crippen LogP contribution in [0.15, 0.2) is 42.5 Å². The highest BCUT2D eigenvalue weighted by atomic mass is 35.5. The fourth-order valence-corrected chi connectivity index (χ4v) is 3.91. The number of carbonyl (C=O) groups excluding carboxylic acids is 2. The zero-order valence-corrected chi connectivity index (χ0v) is 20.0. The lowest BCUT2D eigenvalue weighted by atomic mass is 10.2. The summed E-state index contributed by atoms with van der Waals surface area (Å²) in [5.41, 5.74) is 1.47. The van der Waals surface area contributed by atoms with Gasteiger partial charge in [0.05, 0.1) is 13.7 Å². The molecule has 0 fully saturated rings. The molecule has 0 spiro atoms. The van der Waals surface area contributed by atoms with E-state index in [1.54, 1.807) is 37.4 Å². The Morgan fingerprint density at radius 3 is 2.79 bits per heavy atom. The van der Waals surface area contributed by atoms with Crippen LogP contribution in [0.4, 0.5) is 5.13 Å². The van der Waals surface area contributed by atoms with Gasteiger partial charge in [0.2, 0.25) is 11.0 Å². The van der Waals surface area contributed by atoms with Gasteiger partial charge in [-0.2, -0.15) is 0 Å². The Balaban J connectivity index is 1.35. The number of nitrogens with zero attached hydrogens (tertiary/aromatic N) is 2. The molecule has 2 aromatic carbocycles. The largest absolute Gasteiger partial charge is 0.497 e. The second kappa shape index (κ2) is 12.2. The topological polar surface area (TPSA) is 102 Å². The van der Waals surface area contributed by atoms with Crippen molar-refractivity contribution in [1.82, 2.24) is 15.5 Å². The number of carbonyl (C=O) groups is 2. The van der Waals surface area contributed by atoms with Crippen molar-refractivity contribution in [3.63, 3.8) is 0 Å². The lowest BCUT2D eigenvalue weighted by Gasteiger charge is -2.09. The van der Waals surface area contributed by atoms with Gasteiger partial charge < -0.3 is 20.1 Å². The lowest BCUT2D eigenvalue weighted by Crippen LogP contribution is -2.25. The summed E-state index contributed by atoms with van der Waals surface area (Å²) in [6, 6.07) is 12.4. The van der Waals surface area contributed by atoms with Gasteiger partial charge in [0, 0.05) is 30.0 Å². The maximum Gasteiger partial charge on any atom is 0.251 e. The average Bonchev–Trinajstić information content (AvgIpc) is 3.24. The van der Waals surface area contributed by atoms with E-state index >= 15 is 0 Å². The van der Waals surface area contributed by atoms with Crippen molar-refractivity contribution in [2.75, 3.05) is 25.6 Å². The first-order valence-corrected chi connectivity index (χ1v) is 11.6. The number of rotatable bonds is 11. The number of ether oxygens (including phenoxy) is 2. The van der Waals surface area contributed by atoms with E-state index in [9.17, 15) is 9.59 Å². The SMILES string of the molecule is COc1cccc(C(=O)NCCc2nnc(NC(=O)CCCOc3ccc(Cl)cc3C)s2)c1. The van der Waals surface area contributed by atoms with Crippen LogP contribution in [0.2, 0.25) is 5.02 Å². The minimum atomic E-state index is -0.192. The number of aryl methyl sites for hydroxylation is 1. The predicted octanol–water partition coefficient (Wildman–Crippen LogP) is 4.28. The van der Waals surface area contributed by atoms with Crippen LogP contribution in [-0.4, -0.2) is 42.3 Å². The van der Waals surface area contributed by atoms with Crippen LogP contribution in [0.1, 0.15) is 33.8 Å². The van der Waals surface area contributed by atoms with Crippen molar-refractivity contribution in [1.29, 1.82) is 0 Å². The zero-order valence-electron chi connectivity index (χ0n) is 18.4. The van der Waals surface area contributed by atoms with Crippen molar-refractivity contribution in [2.45, 2.75) is 26.2 Å². The Morgan fingerprint density at radius 2 is 2.00 bits per heavy atom. The van der Waals surface area contributed by atoms with E-state index in [0.29, 0.717) is 53.9 Å². The van der Waals surface area contributed by atoms with Crippen molar-refractivity contribution >= 4 is 39.9 Å². The molecule has 0 radical (unpaired) electrons. The molecule has 0 aliphatic rings. The summed E-state index contributed by atoms with van der Waals surface area (Å²) in [6.45, 7) is 2.75. The molecule has 2 amide bonds. The van der Waals surface area contributed by atoms with Crippen molar-refractivity contribution in [2.24, 2.45) is 0 Å². The number of anilines is 1. The molecule has 2 N–H and O–H groups in total. The Hall–Kier alpha value is -3.17. The van der Waals surface area contributed by atoms with Crippen molar-refractivity contribution in [3.8, 4) is 11.5 Å². The summed E-state index contributed by atoms with van der Waals surface area (Å²) in [6.07, 6.45) is 1.38. The molecule has 0 saturated carbocycles. The van der Waals surface area contributed by atoms with Crippen LogP contribution in [0.3, 0.4) is 0 Å². The monoisotopic (exact) mass is 488 g/mol. The van der Waals surface area contributed by atoms with Gasteiger partial charge in [-0.15, -0.1) is 10.2 Å². The van der Waals surface area contributed by atoms with Gasteiger partial charge in [0.25, 0.3) is 5.91 Å². The average molecular weight is 489 g/mol. The van der Waals surface area contributed by atoms with E-state index in [2.05, 4.69) is 20.8 Å². The van der Waals surface area contributed by atoms with Gasteiger partial charge in [0.1, 0.15) is 16.5 Å². The molecule has 0 saturated heterocycles. The molecule has 10 heteroatoms. The third-order valence-corrected chi connectivity index (χ3v) is 5.75. The molecule has 0 aliphatic carbocycles. The first-order valence-electron chi connectivity index (χ1n) is 10.4. The van der Waals surface area contributed by atoms with Crippen molar-refractivity contribution < 1.29 is 19.1 Å². The van der Waals surface area contributed by atoms with Crippen LogP contribution < -0.4 is 20.1 Å². The molecular weight excluding hydrogens is 464 g/mol. The molecule has 3 rings (SSSR count). The Labute approximate surface area is 201 Å². The number of hydrogen-bond donors (Lipinski definition) is 2. The van der Waals surface area contributed by atoms with Gasteiger partial charge in [-0.1, -0.05) is 29.0 Å². The molecule has 8 nitrogen and oxygen atoms in total. The molecule has 1 heterocycles. The van der Waals surface area contributed by atoms with E-state index < -0.39 is 0 Å². The van der Waals surface area contributed by atoms with E-state index in [0.717, 1.165) is 16.3 Å². The highest BCUT2D eigenvalue weighted by Crippen LogP contribution is 2.22. The number of halogens is 1. The number of methoxy groups -OCH3 is 1. The molecule has 0 unspecified atom stereocenters. The molecule has 33 heavy (non-hydrogen) atoms. The Morgan fingerprint density at radius 1 is 1.15 bits per heavy atom. The van der Waals surface area contributed by atoms with Gasteiger partial charge in [-0.3, -0.25) is 9.59 Å². The normalized spacial score (nSPS) is 10.5. The fourth-order valence-electron chi connectivity index (χ4n) is 2.93. The highest BCUT2D eigenvalue weighted by Gasteiger charge is 2.10. The van der Waals surface area contributed by atoms with E-state index in [-0.39, 0.29) is 11.8 Å². The number of benzene rings is 2. The zero-order chi connectivity index (χ0) is 23.6. The van der Waals surface area contributed by atoms with Crippen LogP contribution >= 0.6 is 22.9 Å². The van der Waals surface area contributed by atoms with E-state index in [4.69, 9.17) is 21.1 Å². The third-order valence-electron chi connectivity index (χ3n) is 4.61. The standard InChI is InChI=1S/C23H25ClN4O4S/c1-15-13-17(24)8-9-19(15)32-12-4-7-20(29)26-23-28-27-21(33-23)10-11-25-22(30)16-5-3-6-18(14-16)31-2/h3,5-6,8-9,13-14H,4,7,10-12H2,1-2H3,(H,25,30)(H,26,28,29). The second-order valence-electron chi connectivity index (χ2n) is 7.15. The predicted molar refractivity (Wildman–Crippen MR) is 128 cm³/mol. The molecule has 174 valence electrons. The molecule has 3 aromatic rings. The minimum absolute atomic E-state index is 0.152. The first-order chi connectivity index (χ1) is 15.9. The Bertz CT molecular complexity index is 1110. The lowest BCUT2D eigenvalue weighted by molar-refractivity contribution is -0.116. The van der Waals surface area contributed by atoms with Crippen LogP contribution in [-0.2, 0) is 11.2 Å². The smallest absolute Gasteiger partial charge is 0.251 e. The van der Waals surface area contributed by atoms with Crippen molar-refractivity contribution in [3.05, 3.63) is 63.6 Å². The summed E-state index contributed by atoms with van der Waals surface area (Å²) in [4.78, 5) is 24.4. The molecule has 0 bridgehead atoms. The second-order valence-corrected chi connectivity index (χ2v) is 8.65. The van der Waals surface area contributed by atoms with E-state index in [1.807, 2.05) is 19.1 Å². The van der Waals surface area contributed by atoms with Gasteiger partial charge in [-0.25, -0.2) is 0 Å². The number of nitrogens with one attached hydrogen (secondary N) is 2. The summed E-state index contributed by atoms with van der Waals surface area (Å²) in [5, 5.41) is 15.5. The summed E-state index contributed by atoms with van der Waals surface area (Å²) in [5.74, 6) is 1.04. The molecule has 0 atom stereocenters. The van der Waals surface area contributed by atoms with Gasteiger partial charge in [-0.05, 0) is 55.3 Å². The van der Waals surface area contributed by atoms with Gasteiger partial charge >= 0.3 is 0 Å². The molecule has 0 aliphatic heterocycles. The Kier molecular flexibility index (Phi) is 9.03. The summed E-state index contributed by atoms with van der Waals surface area (Å²) in [7, 11) is 1.55. The maximum atomic E-state index is 12.2. The third kappa shape index (κ3) is 7.73. The van der Waals surface area contributed by atoms with Crippen LogP contribution in [0.5, 0.6) is 11.5 Å². The minimum Gasteiger partial charge on any atom is -0.497 e. The van der Waals surface area contributed by atoms with Gasteiger partial charge in [0.15, 0.2) is 0 Å². The highest BCUT2D eigenvalue weighted by molar-refractivity contribution is 7.15. The fraction of sp³-hybridized carbons (Fsp3) is 0.304.